The second-order valence-electron chi connectivity index (χ2n) is 8.65. The van der Waals surface area contributed by atoms with E-state index in [9.17, 15) is 8.78 Å². The maximum atomic E-state index is 14.3. The first-order valence-electron chi connectivity index (χ1n) is 9.18. The molecule has 1 fully saturated rings. The molecule has 1 saturated carbocycles. The van der Waals surface area contributed by atoms with Gasteiger partial charge in [0, 0.05) is 23.0 Å². The van der Waals surface area contributed by atoms with E-state index in [4.69, 9.17) is 9.51 Å². The van der Waals surface area contributed by atoms with Gasteiger partial charge in [-0.1, -0.05) is 25.9 Å². The predicted octanol–water partition coefficient (Wildman–Crippen LogP) is 4.40. The van der Waals surface area contributed by atoms with Crippen LogP contribution in [0.1, 0.15) is 68.9 Å². The van der Waals surface area contributed by atoms with Crippen LogP contribution in [-0.4, -0.2) is 19.9 Å². The molecule has 1 aromatic carbocycles. The molecule has 2 bridgehead atoms. The van der Waals surface area contributed by atoms with E-state index in [2.05, 4.69) is 10.3 Å². The standard InChI is InChI=1S/C20H20F2N4O/c1-19(2,3)18-24-17(25-27-18)20-7-6-11(9-20)16-13(20)10-23-26(16)15-5-4-12(21)8-14(15)22/h4-5,8,10-11H,6-7,9H2,1-3H3/t11-,20+/m0/s1. The maximum absolute atomic E-state index is 14.3. The summed E-state index contributed by atoms with van der Waals surface area (Å²) in [4.78, 5) is 4.70. The molecule has 0 N–H and O–H groups in total. The molecule has 2 aliphatic rings. The highest BCUT2D eigenvalue weighted by Crippen LogP contribution is 2.59. The van der Waals surface area contributed by atoms with Crippen LogP contribution in [0.2, 0.25) is 0 Å². The largest absolute Gasteiger partial charge is 0.339 e. The molecule has 3 aromatic rings. The van der Waals surface area contributed by atoms with Gasteiger partial charge in [0.25, 0.3) is 0 Å². The Kier molecular flexibility index (Phi) is 3.22. The van der Waals surface area contributed by atoms with Gasteiger partial charge in [0.2, 0.25) is 5.89 Å². The summed E-state index contributed by atoms with van der Waals surface area (Å²) < 4.78 is 34.8. The monoisotopic (exact) mass is 370 g/mol. The Labute approximate surface area is 155 Å². The summed E-state index contributed by atoms with van der Waals surface area (Å²) in [6.45, 7) is 6.11. The molecule has 2 heterocycles. The average molecular weight is 370 g/mol. The van der Waals surface area contributed by atoms with Crippen molar-refractivity contribution in [3.05, 3.63) is 59.0 Å². The summed E-state index contributed by atoms with van der Waals surface area (Å²) in [5, 5.41) is 8.73. The van der Waals surface area contributed by atoms with E-state index >= 15 is 0 Å². The van der Waals surface area contributed by atoms with Gasteiger partial charge in [-0.05, 0) is 31.4 Å². The SMILES string of the molecule is CC(C)(C)c1nc([C@]23CC[C@@H](C2)c2c3cnn2-c2ccc(F)cc2F)no1. The quantitative estimate of drug-likeness (QED) is 0.671. The Morgan fingerprint density at radius 1 is 1.26 bits per heavy atom. The van der Waals surface area contributed by atoms with Gasteiger partial charge in [-0.25, -0.2) is 13.5 Å². The van der Waals surface area contributed by atoms with E-state index in [1.807, 2.05) is 20.8 Å². The Hall–Kier alpha value is -2.57. The molecule has 7 heteroatoms. The van der Waals surface area contributed by atoms with E-state index in [1.165, 1.54) is 12.1 Å². The van der Waals surface area contributed by atoms with E-state index in [-0.39, 0.29) is 22.4 Å². The molecule has 0 saturated heterocycles. The van der Waals surface area contributed by atoms with Gasteiger partial charge >= 0.3 is 0 Å². The van der Waals surface area contributed by atoms with Crippen LogP contribution in [0, 0.1) is 11.6 Å². The summed E-state index contributed by atoms with van der Waals surface area (Å²) >= 11 is 0. The fourth-order valence-electron chi connectivity index (χ4n) is 4.53. The molecule has 0 amide bonds. The summed E-state index contributed by atoms with van der Waals surface area (Å²) in [5.74, 6) is 0.337. The Morgan fingerprint density at radius 2 is 2.07 bits per heavy atom. The lowest BCUT2D eigenvalue weighted by molar-refractivity contribution is 0.314. The zero-order chi connectivity index (χ0) is 19.0. The van der Waals surface area contributed by atoms with Crippen molar-refractivity contribution in [1.29, 1.82) is 0 Å². The van der Waals surface area contributed by atoms with Crippen LogP contribution < -0.4 is 0 Å². The first-order chi connectivity index (χ1) is 12.8. The normalized spacial score (nSPS) is 23.8. The van der Waals surface area contributed by atoms with Gasteiger partial charge in [-0.3, -0.25) is 0 Å². The number of hydrogen-bond donors (Lipinski definition) is 0. The minimum Gasteiger partial charge on any atom is -0.339 e. The summed E-state index contributed by atoms with van der Waals surface area (Å²) in [6, 6.07) is 3.58. The highest BCUT2D eigenvalue weighted by molar-refractivity contribution is 5.49. The first kappa shape index (κ1) is 16.6. The molecule has 0 spiro atoms. The van der Waals surface area contributed by atoms with Gasteiger partial charge < -0.3 is 4.52 Å². The molecule has 0 aliphatic heterocycles. The lowest BCUT2D eigenvalue weighted by Crippen LogP contribution is -2.24. The van der Waals surface area contributed by atoms with Crippen molar-refractivity contribution >= 4 is 0 Å². The van der Waals surface area contributed by atoms with Crippen LogP contribution in [0.25, 0.3) is 5.69 Å². The molecule has 2 atom stereocenters. The van der Waals surface area contributed by atoms with Gasteiger partial charge in [-0.15, -0.1) is 0 Å². The van der Waals surface area contributed by atoms with Crippen molar-refractivity contribution in [3.63, 3.8) is 0 Å². The number of halogens is 2. The molecular formula is C20H20F2N4O. The molecule has 5 rings (SSSR count). The molecule has 2 aromatic heterocycles. The highest BCUT2D eigenvalue weighted by Gasteiger charge is 2.55. The average Bonchev–Trinajstić information content (AvgIpc) is 3.35. The number of nitrogens with zero attached hydrogens (tertiary/aromatic N) is 4. The lowest BCUT2D eigenvalue weighted by Gasteiger charge is -2.23. The van der Waals surface area contributed by atoms with Crippen LogP contribution in [0.5, 0.6) is 0 Å². The van der Waals surface area contributed by atoms with Crippen LogP contribution in [0.3, 0.4) is 0 Å². The fraction of sp³-hybridized carbons (Fsp3) is 0.450. The summed E-state index contributed by atoms with van der Waals surface area (Å²) in [7, 11) is 0. The maximum Gasteiger partial charge on any atom is 0.232 e. The van der Waals surface area contributed by atoms with Crippen molar-refractivity contribution in [3.8, 4) is 5.69 Å². The topological polar surface area (TPSA) is 56.7 Å². The molecule has 2 aliphatic carbocycles. The minimum absolute atomic E-state index is 0.219. The Balaban J connectivity index is 1.63. The number of rotatable bonds is 2. The van der Waals surface area contributed by atoms with Crippen molar-refractivity contribution in [2.75, 3.05) is 0 Å². The Bertz CT molecular complexity index is 1050. The molecule has 27 heavy (non-hydrogen) atoms. The zero-order valence-electron chi connectivity index (χ0n) is 15.5. The number of benzene rings is 1. The van der Waals surface area contributed by atoms with E-state index in [1.54, 1.807) is 10.9 Å². The zero-order valence-corrected chi connectivity index (χ0v) is 15.5. The Morgan fingerprint density at radius 3 is 2.78 bits per heavy atom. The van der Waals surface area contributed by atoms with Crippen LogP contribution in [-0.2, 0) is 10.8 Å². The van der Waals surface area contributed by atoms with Gasteiger partial charge in [-0.2, -0.15) is 10.1 Å². The predicted molar refractivity (Wildman–Crippen MR) is 93.9 cm³/mol. The van der Waals surface area contributed by atoms with E-state index in [0.717, 1.165) is 36.6 Å². The third-order valence-electron chi connectivity index (χ3n) is 5.86. The minimum atomic E-state index is -0.618. The second-order valence-corrected chi connectivity index (χ2v) is 8.65. The second kappa shape index (κ2) is 5.24. The van der Waals surface area contributed by atoms with Crippen molar-refractivity contribution in [2.24, 2.45) is 0 Å². The molecule has 0 unspecified atom stereocenters. The third-order valence-corrected chi connectivity index (χ3v) is 5.86. The van der Waals surface area contributed by atoms with Crippen LogP contribution in [0.15, 0.2) is 28.9 Å². The third kappa shape index (κ3) is 2.23. The molecule has 0 radical (unpaired) electrons. The lowest BCUT2D eigenvalue weighted by atomic mass is 9.81. The molecular weight excluding hydrogens is 350 g/mol. The molecule has 5 nitrogen and oxygen atoms in total. The molecule has 140 valence electrons. The van der Waals surface area contributed by atoms with Gasteiger partial charge in [0.05, 0.1) is 17.3 Å². The van der Waals surface area contributed by atoms with Crippen LogP contribution >= 0.6 is 0 Å². The van der Waals surface area contributed by atoms with Crippen molar-refractivity contribution < 1.29 is 13.3 Å². The summed E-state index contributed by atoms with van der Waals surface area (Å²) in [5.41, 5.74) is 1.73. The van der Waals surface area contributed by atoms with E-state index in [0.29, 0.717) is 11.7 Å². The van der Waals surface area contributed by atoms with E-state index < -0.39 is 11.6 Å². The van der Waals surface area contributed by atoms with Crippen molar-refractivity contribution in [1.82, 2.24) is 19.9 Å². The highest BCUT2D eigenvalue weighted by atomic mass is 19.1. The smallest absolute Gasteiger partial charge is 0.232 e. The van der Waals surface area contributed by atoms with Crippen molar-refractivity contribution in [2.45, 2.75) is 56.8 Å². The van der Waals surface area contributed by atoms with Gasteiger partial charge in [0.15, 0.2) is 11.6 Å². The number of hydrogen-bond acceptors (Lipinski definition) is 4. The van der Waals surface area contributed by atoms with Gasteiger partial charge in [0.1, 0.15) is 11.5 Å². The fourth-order valence-corrected chi connectivity index (χ4v) is 4.53. The van der Waals surface area contributed by atoms with Crippen LogP contribution in [0.4, 0.5) is 8.78 Å². The number of aromatic nitrogens is 4. The first-order valence-corrected chi connectivity index (χ1v) is 9.18. The summed E-state index contributed by atoms with van der Waals surface area (Å²) in [6.07, 6.45) is 4.53. The number of fused-ring (bicyclic) bond motifs is 5.